The van der Waals surface area contributed by atoms with Gasteiger partial charge in [-0.2, -0.15) is 13.2 Å². The van der Waals surface area contributed by atoms with Crippen molar-refractivity contribution >= 4 is 33.9 Å². The van der Waals surface area contributed by atoms with E-state index in [1.165, 1.54) is 12.1 Å². The molecule has 0 aliphatic carbocycles. The molecule has 0 aromatic heterocycles. The zero-order valence-electron chi connectivity index (χ0n) is 12.1. The molecule has 118 valence electrons. The zero-order valence-corrected chi connectivity index (χ0v) is 13.7. The Morgan fingerprint density at radius 2 is 1.83 bits per heavy atom. The van der Waals surface area contributed by atoms with E-state index in [-0.39, 0.29) is 12.0 Å². The van der Waals surface area contributed by atoms with Crippen molar-refractivity contribution in [2.75, 3.05) is 0 Å². The molecule has 3 rings (SSSR count). The van der Waals surface area contributed by atoms with E-state index in [1.54, 1.807) is 36.4 Å². The van der Waals surface area contributed by atoms with Gasteiger partial charge in [0.1, 0.15) is 5.41 Å². The third-order valence-electron chi connectivity index (χ3n) is 4.10. The Labute approximate surface area is 140 Å². The van der Waals surface area contributed by atoms with Gasteiger partial charge in [-0.05, 0) is 41.3 Å². The van der Waals surface area contributed by atoms with Crippen molar-refractivity contribution in [1.82, 2.24) is 0 Å². The molecule has 0 unspecified atom stereocenters. The number of hydrogen-bond acceptors (Lipinski definition) is 1. The van der Waals surface area contributed by atoms with E-state index < -0.39 is 11.6 Å². The number of alkyl halides is 3. The second-order valence-electron chi connectivity index (χ2n) is 5.50. The smallest absolute Gasteiger partial charge is 0.260 e. The largest absolute Gasteiger partial charge is 0.403 e. The summed E-state index contributed by atoms with van der Waals surface area (Å²) in [5.41, 5.74) is 0.00950. The lowest BCUT2D eigenvalue weighted by molar-refractivity contribution is -0.168. The standard InChI is InChI=1S/C18H13BrF3N/c1-2-12-3-5-14(6-4-12)17(18(20,21)22)10-13-9-15(19)7-8-16(13)23-11-17/h2-9,11H,1,10H2/t17-/m0/s1. The minimum absolute atomic E-state index is 0.164. The van der Waals surface area contributed by atoms with Crippen molar-refractivity contribution in [2.24, 2.45) is 4.99 Å². The quantitative estimate of drug-likeness (QED) is 0.620. The lowest BCUT2D eigenvalue weighted by atomic mass is 9.74. The summed E-state index contributed by atoms with van der Waals surface area (Å²) in [5, 5.41) is 0. The van der Waals surface area contributed by atoms with Gasteiger partial charge in [-0.25, -0.2) is 0 Å². The molecule has 1 atom stereocenters. The summed E-state index contributed by atoms with van der Waals surface area (Å²) in [4.78, 5) is 4.09. The zero-order chi connectivity index (χ0) is 16.7. The molecule has 0 saturated carbocycles. The maximum atomic E-state index is 13.9. The van der Waals surface area contributed by atoms with Crippen LogP contribution in [0.1, 0.15) is 16.7 Å². The lowest BCUT2D eigenvalue weighted by Gasteiger charge is -2.35. The van der Waals surface area contributed by atoms with Crippen LogP contribution in [0.5, 0.6) is 0 Å². The first-order valence-corrected chi connectivity index (χ1v) is 7.78. The van der Waals surface area contributed by atoms with Gasteiger partial charge >= 0.3 is 6.18 Å². The van der Waals surface area contributed by atoms with Gasteiger partial charge in [0.25, 0.3) is 0 Å². The lowest BCUT2D eigenvalue weighted by Crippen LogP contribution is -2.47. The van der Waals surface area contributed by atoms with Gasteiger partial charge in [0.05, 0.1) is 5.69 Å². The van der Waals surface area contributed by atoms with Crippen LogP contribution in [-0.4, -0.2) is 12.4 Å². The van der Waals surface area contributed by atoms with Crippen molar-refractivity contribution < 1.29 is 13.2 Å². The first-order valence-electron chi connectivity index (χ1n) is 6.99. The first kappa shape index (κ1) is 16.0. The highest BCUT2D eigenvalue weighted by Crippen LogP contribution is 2.46. The van der Waals surface area contributed by atoms with Crippen LogP contribution in [0.3, 0.4) is 0 Å². The summed E-state index contributed by atoms with van der Waals surface area (Å²) in [6.45, 7) is 3.62. The van der Waals surface area contributed by atoms with Gasteiger partial charge in [-0.3, -0.25) is 4.99 Å². The molecule has 23 heavy (non-hydrogen) atoms. The molecule has 1 heterocycles. The summed E-state index contributed by atoms with van der Waals surface area (Å²) in [7, 11) is 0. The Hall–Kier alpha value is -1.88. The van der Waals surface area contributed by atoms with Gasteiger partial charge < -0.3 is 0 Å². The molecule has 0 fully saturated rings. The first-order chi connectivity index (χ1) is 10.9. The third kappa shape index (κ3) is 2.74. The van der Waals surface area contributed by atoms with Crippen LogP contribution < -0.4 is 0 Å². The van der Waals surface area contributed by atoms with E-state index in [0.717, 1.165) is 16.3 Å². The maximum absolute atomic E-state index is 13.9. The fourth-order valence-corrected chi connectivity index (χ4v) is 3.19. The average molecular weight is 380 g/mol. The molecular formula is C18H13BrF3N. The highest BCUT2D eigenvalue weighted by atomic mass is 79.9. The number of aliphatic imine (C=N–C) groups is 1. The summed E-state index contributed by atoms with van der Waals surface area (Å²) >= 11 is 3.31. The second kappa shape index (κ2) is 5.64. The summed E-state index contributed by atoms with van der Waals surface area (Å²) in [5.74, 6) is 0. The SMILES string of the molecule is C=Cc1ccc([C@@]2(C(F)(F)F)C=Nc3ccc(Br)cc3C2)cc1. The topological polar surface area (TPSA) is 12.4 Å². The molecule has 1 aliphatic rings. The van der Waals surface area contributed by atoms with Crippen molar-refractivity contribution in [3.8, 4) is 0 Å². The fourth-order valence-electron chi connectivity index (χ4n) is 2.78. The molecule has 5 heteroatoms. The molecule has 0 radical (unpaired) electrons. The van der Waals surface area contributed by atoms with Gasteiger partial charge in [0.15, 0.2) is 0 Å². The second-order valence-corrected chi connectivity index (χ2v) is 6.42. The predicted molar refractivity (Wildman–Crippen MR) is 90.3 cm³/mol. The number of hydrogen-bond donors (Lipinski definition) is 0. The van der Waals surface area contributed by atoms with Crippen molar-refractivity contribution in [3.05, 3.63) is 70.2 Å². The Morgan fingerprint density at radius 1 is 1.13 bits per heavy atom. The Kier molecular flexibility index (Phi) is 3.92. The molecule has 0 amide bonds. The third-order valence-corrected chi connectivity index (χ3v) is 4.60. The molecular weight excluding hydrogens is 367 g/mol. The molecule has 0 spiro atoms. The minimum Gasteiger partial charge on any atom is -0.260 e. The van der Waals surface area contributed by atoms with E-state index in [1.807, 2.05) is 0 Å². The summed E-state index contributed by atoms with van der Waals surface area (Å²) in [6, 6.07) is 11.5. The van der Waals surface area contributed by atoms with E-state index in [4.69, 9.17) is 0 Å². The van der Waals surface area contributed by atoms with Crippen molar-refractivity contribution in [1.29, 1.82) is 0 Å². The highest BCUT2D eigenvalue weighted by Gasteiger charge is 2.56. The molecule has 0 saturated heterocycles. The number of fused-ring (bicyclic) bond motifs is 1. The van der Waals surface area contributed by atoms with Crippen LogP contribution in [0.25, 0.3) is 6.08 Å². The Bertz CT molecular complexity index is 778. The van der Waals surface area contributed by atoms with Crippen molar-refractivity contribution in [3.63, 3.8) is 0 Å². The monoisotopic (exact) mass is 379 g/mol. The molecule has 2 aromatic rings. The van der Waals surface area contributed by atoms with E-state index in [2.05, 4.69) is 27.5 Å². The number of halogens is 4. The van der Waals surface area contributed by atoms with E-state index in [9.17, 15) is 13.2 Å². The average Bonchev–Trinajstić information content (AvgIpc) is 2.53. The van der Waals surface area contributed by atoms with Crippen LogP contribution in [0, 0.1) is 0 Å². The molecule has 0 N–H and O–H groups in total. The number of benzene rings is 2. The molecule has 0 bridgehead atoms. The predicted octanol–water partition coefficient (Wildman–Crippen LogP) is 5.85. The van der Waals surface area contributed by atoms with E-state index >= 15 is 0 Å². The van der Waals surface area contributed by atoms with Crippen LogP contribution in [-0.2, 0) is 11.8 Å². The fraction of sp³-hybridized carbons (Fsp3) is 0.167. The van der Waals surface area contributed by atoms with Crippen LogP contribution in [0.2, 0.25) is 0 Å². The van der Waals surface area contributed by atoms with Gasteiger partial charge in [0, 0.05) is 10.7 Å². The van der Waals surface area contributed by atoms with E-state index in [0.29, 0.717) is 11.3 Å². The molecule has 1 aliphatic heterocycles. The number of rotatable bonds is 2. The maximum Gasteiger partial charge on any atom is 0.403 e. The van der Waals surface area contributed by atoms with Crippen molar-refractivity contribution in [2.45, 2.75) is 18.0 Å². The van der Waals surface area contributed by atoms with Gasteiger partial charge in [-0.1, -0.05) is 52.9 Å². The summed E-state index contributed by atoms with van der Waals surface area (Å²) in [6.07, 6.45) is -1.97. The number of nitrogens with zero attached hydrogens (tertiary/aromatic N) is 1. The van der Waals surface area contributed by atoms with Crippen LogP contribution >= 0.6 is 15.9 Å². The van der Waals surface area contributed by atoms with Crippen LogP contribution in [0.4, 0.5) is 18.9 Å². The highest BCUT2D eigenvalue weighted by molar-refractivity contribution is 9.10. The van der Waals surface area contributed by atoms with Gasteiger partial charge in [-0.15, -0.1) is 0 Å². The minimum atomic E-state index is -4.44. The van der Waals surface area contributed by atoms with Gasteiger partial charge in [0.2, 0.25) is 0 Å². The van der Waals surface area contributed by atoms with Crippen LogP contribution in [0.15, 0.2) is 58.5 Å². The Balaban J connectivity index is 2.14. The Morgan fingerprint density at radius 3 is 2.43 bits per heavy atom. The molecule has 2 aromatic carbocycles. The normalized spacial score (nSPS) is 20.2. The summed E-state index contributed by atoms with van der Waals surface area (Å²) < 4.78 is 42.6. The molecule has 1 nitrogen and oxygen atoms in total.